The summed E-state index contributed by atoms with van der Waals surface area (Å²) in [5.74, 6) is 0.515. The number of rotatable bonds is 2. The molecule has 0 aromatic carbocycles. The highest BCUT2D eigenvalue weighted by molar-refractivity contribution is 5.45. The van der Waals surface area contributed by atoms with Crippen LogP contribution in [0.25, 0.3) is 0 Å². The number of hydrogen-bond donors (Lipinski definition) is 0. The van der Waals surface area contributed by atoms with Crippen LogP contribution in [-0.4, -0.2) is 43.1 Å². The van der Waals surface area contributed by atoms with Crippen LogP contribution in [0.3, 0.4) is 0 Å². The maximum Gasteiger partial charge on any atom is 0.0553 e. The van der Waals surface area contributed by atoms with Crippen molar-refractivity contribution in [1.29, 1.82) is 0 Å². The second-order valence-electron chi connectivity index (χ2n) is 4.89. The molecule has 1 aromatic heterocycles. The average molecular weight is 249 g/mol. The van der Waals surface area contributed by atoms with Crippen LogP contribution in [0.15, 0.2) is 18.3 Å². The van der Waals surface area contributed by atoms with Gasteiger partial charge in [0.25, 0.3) is 0 Å². The molecule has 1 saturated heterocycles. The Bertz CT molecular complexity index is 324. The van der Waals surface area contributed by atoms with Gasteiger partial charge in [0.1, 0.15) is 0 Å². The van der Waals surface area contributed by atoms with Gasteiger partial charge in [0.2, 0.25) is 0 Å². The average Bonchev–Trinajstić information content (AvgIpc) is 2.42. The van der Waals surface area contributed by atoms with Crippen molar-refractivity contribution in [1.82, 2.24) is 9.88 Å². The van der Waals surface area contributed by atoms with Crippen LogP contribution < -0.4 is 4.90 Å². The third-order valence-electron chi connectivity index (χ3n) is 3.23. The molecular weight excluding hydrogens is 222 g/mol. The number of likely N-dealkylation sites (N-methyl/N-ethyl adjacent to an activating group) is 1. The Hall–Kier alpha value is -1.09. The van der Waals surface area contributed by atoms with E-state index in [1.165, 1.54) is 11.4 Å². The van der Waals surface area contributed by atoms with Gasteiger partial charge in [0.15, 0.2) is 0 Å². The largest absolute Gasteiger partial charge is 0.368 e. The summed E-state index contributed by atoms with van der Waals surface area (Å²) in [7, 11) is 2.18. The van der Waals surface area contributed by atoms with Crippen LogP contribution in [0.5, 0.6) is 0 Å². The summed E-state index contributed by atoms with van der Waals surface area (Å²) in [4.78, 5) is 9.30. The van der Waals surface area contributed by atoms with E-state index in [4.69, 9.17) is 0 Å². The van der Waals surface area contributed by atoms with Gasteiger partial charge in [-0.2, -0.15) is 0 Å². The quantitative estimate of drug-likeness (QED) is 0.803. The van der Waals surface area contributed by atoms with Crippen LogP contribution in [0.4, 0.5) is 5.69 Å². The number of aromatic nitrogens is 1. The molecule has 1 aliphatic heterocycles. The fourth-order valence-corrected chi connectivity index (χ4v) is 1.99. The lowest BCUT2D eigenvalue weighted by atomic mass is 10.1. The van der Waals surface area contributed by atoms with Gasteiger partial charge in [-0.25, -0.2) is 0 Å². The highest BCUT2D eigenvalue weighted by Gasteiger charge is 2.14. The zero-order valence-corrected chi connectivity index (χ0v) is 12.5. The lowest BCUT2D eigenvalue weighted by Gasteiger charge is -2.33. The summed E-state index contributed by atoms with van der Waals surface area (Å²) in [6.45, 7) is 12.9. The maximum atomic E-state index is 4.52. The second kappa shape index (κ2) is 7.37. The van der Waals surface area contributed by atoms with Crippen molar-refractivity contribution in [3.63, 3.8) is 0 Å². The molecule has 0 bridgehead atoms. The molecule has 0 spiro atoms. The Labute approximate surface area is 112 Å². The topological polar surface area (TPSA) is 19.4 Å². The molecule has 1 fully saturated rings. The SMILES string of the molecule is CC.CC(C)c1ccc(N2CCN(C)CC2)cn1. The first-order chi connectivity index (χ1) is 8.66. The first kappa shape index (κ1) is 15.0. The number of hydrogen-bond acceptors (Lipinski definition) is 3. The Balaban J connectivity index is 0.000000771. The van der Waals surface area contributed by atoms with Crippen LogP contribution in [0.1, 0.15) is 39.3 Å². The number of piperazine rings is 1. The predicted molar refractivity (Wildman–Crippen MR) is 79.4 cm³/mol. The van der Waals surface area contributed by atoms with E-state index in [0.29, 0.717) is 5.92 Å². The zero-order valence-electron chi connectivity index (χ0n) is 12.5. The van der Waals surface area contributed by atoms with Crippen molar-refractivity contribution < 1.29 is 0 Å². The van der Waals surface area contributed by atoms with Gasteiger partial charge in [0, 0.05) is 31.9 Å². The minimum Gasteiger partial charge on any atom is -0.368 e. The normalized spacial score (nSPS) is 16.4. The fourth-order valence-electron chi connectivity index (χ4n) is 1.99. The van der Waals surface area contributed by atoms with Gasteiger partial charge >= 0.3 is 0 Å². The van der Waals surface area contributed by atoms with Crippen molar-refractivity contribution in [3.05, 3.63) is 24.0 Å². The van der Waals surface area contributed by atoms with Gasteiger partial charge < -0.3 is 9.80 Å². The summed E-state index contributed by atoms with van der Waals surface area (Å²) in [6, 6.07) is 4.35. The van der Waals surface area contributed by atoms with Crippen molar-refractivity contribution in [2.75, 3.05) is 38.1 Å². The van der Waals surface area contributed by atoms with E-state index in [1.54, 1.807) is 0 Å². The van der Waals surface area contributed by atoms with Gasteiger partial charge in [-0.1, -0.05) is 27.7 Å². The lowest BCUT2D eigenvalue weighted by Crippen LogP contribution is -2.44. The summed E-state index contributed by atoms with van der Waals surface area (Å²) < 4.78 is 0. The van der Waals surface area contributed by atoms with Crippen LogP contribution in [-0.2, 0) is 0 Å². The molecule has 0 N–H and O–H groups in total. The molecule has 0 radical (unpaired) electrons. The molecule has 3 heteroatoms. The molecule has 102 valence electrons. The summed E-state index contributed by atoms with van der Waals surface area (Å²) in [5, 5.41) is 0. The predicted octanol–water partition coefficient (Wildman–Crippen LogP) is 2.98. The van der Waals surface area contributed by atoms with E-state index in [-0.39, 0.29) is 0 Å². The lowest BCUT2D eigenvalue weighted by molar-refractivity contribution is 0.313. The fraction of sp³-hybridized carbons (Fsp3) is 0.667. The minimum atomic E-state index is 0.515. The zero-order chi connectivity index (χ0) is 13.5. The van der Waals surface area contributed by atoms with Crippen molar-refractivity contribution in [2.45, 2.75) is 33.6 Å². The first-order valence-corrected chi connectivity index (χ1v) is 7.06. The van der Waals surface area contributed by atoms with E-state index < -0.39 is 0 Å². The molecule has 0 unspecified atom stereocenters. The first-order valence-electron chi connectivity index (χ1n) is 7.06. The molecule has 1 aromatic rings. The summed E-state index contributed by atoms with van der Waals surface area (Å²) in [5.41, 5.74) is 2.44. The van der Waals surface area contributed by atoms with Gasteiger partial charge in [-0.15, -0.1) is 0 Å². The third-order valence-corrected chi connectivity index (χ3v) is 3.23. The molecule has 0 atom stereocenters. The minimum absolute atomic E-state index is 0.515. The molecule has 18 heavy (non-hydrogen) atoms. The number of pyridine rings is 1. The second-order valence-corrected chi connectivity index (χ2v) is 4.89. The van der Waals surface area contributed by atoms with Crippen LogP contribution >= 0.6 is 0 Å². The molecule has 2 rings (SSSR count). The molecule has 3 nitrogen and oxygen atoms in total. The van der Waals surface area contributed by atoms with E-state index >= 15 is 0 Å². The van der Waals surface area contributed by atoms with E-state index in [2.05, 4.69) is 47.8 Å². The molecule has 0 aliphatic carbocycles. The Morgan fingerprint density at radius 3 is 2.11 bits per heavy atom. The Morgan fingerprint density at radius 2 is 1.67 bits per heavy atom. The van der Waals surface area contributed by atoms with Crippen LogP contribution in [0.2, 0.25) is 0 Å². The van der Waals surface area contributed by atoms with Crippen molar-refractivity contribution in [3.8, 4) is 0 Å². The molecule has 1 aliphatic rings. The van der Waals surface area contributed by atoms with Gasteiger partial charge in [0.05, 0.1) is 11.9 Å². The summed E-state index contributed by atoms with van der Waals surface area (Å²) in [6.07, 6.45) is 2.01. The van der Waals surface area contributed by atoms with E-state index in [9.17, 15) is 0 Å². The number of nitrogens with zero attached hydrogens (tertiary/aromatic N) is 3. The smallest absolute Gasteiger partial charge is 0.0553 e. The third kappa shape index (κ3) is 3.98. The summed E-state index contributed by atoms with van der Waals surface area (Å²) >= 11 is 0. The highest BCUT2D eigenvalue weighted by Crippen LogP contribution is 2.18. The van der Waals surface area contributed by atoms with Crippen molar-refractivity contribution in [2.24, 2.45) is 0 Å². The van der Waals surface area contributed by atoms with Crippen molar-refractivity contribution >= 4 is 5.69 Å². The van der Waals surface area contributed by atoms with E-state index in [1.807, 2.05) is 20.0 Å². The standard InChI is InChI=1S/C13H21N3.C2H6/c1-11(2)13-5-4-12(10-14-13)16-8-6-15(3)7-9-16;1-2/h4-5,10-11H,6-9H2,1-3H3;1-2H3. The number of anilines is 1. The Kier molecular flexibility index (Phi) is 6.13. The maximum absolute atomic E-state index is 4.52. The molecule has 0 amide bonds. The Morgan fingerprint density at radius 1 is 1.06 bits per heavy atom. The van der Waals surface area contributed by atoms with Gasteiger partial charge in [-0.05, 0) is 25.1 Å². The monoisotopic (exact) mass is 249 g/mol. The molecular formula is C15H27N3. The highest BCUT2D eigenvalue weighted by atomic mass is 15.2. The van der Waals surface area contributed by atoms with Crippen LogP contribution in [0, 0.1) is 0 Å². The molecule has 2 heterocycles. The van der Waals surface area contributed by atoms with E-state index in [0.717, 1.165) is 26.2 Å². The molecule has 0 saturated carbocycles. The van der Waals surface area contributed by atoms with Gasteiger partial charge in [-0.3, -0.25) is 4.98 Å².